The van der Waals surface area contributed by atoms with Gasteiger partial charge in [-0.05, 0) is 36.6 Å². The van der Waals surface area contributed by atoms with Gasteiger partial charge in [0.1, 0.15) is 0 Å². The Bertz CT molecular complexity index is 350. The molecule has 0 atom stereocenters. The highest BCUT2D eigenvalue weighted by atomic mass is 16.5. The molecule has 0 aliphatic rings. The van der Waals surface area contributed by atoms with Crippen LogP contribution in [0.1, 0.15) is 38.7 Å². The Labute approximate surface area is 110 Å². The van der Waals surface area contributed by atoms with Crippen LogP contribution < -0.4 is 10.1 Å². The van der Waals surface area contributed by atoms with E-state index < -0.39 is 0 Å². The number of rotatable bonds is 8. The molecule has 0 aliphatic heterocycles. The molecule has 1 aromatic carbocycles. The molecule has 0 heterocycles. The smallest absolute Gasteiger partial charge is 0.160 e. The number of methoxy groups -OCH3 is 1. The van der Waals surface area contributed by atoms with Gasteiger partial charge in [-0.15, -0.1) is 0 Å². The van der Waals surface area contributed by atoms with E-state index in [1.807, 2.05) is 12.1 Å². The summed E-state index contributed by atoms with van der Waals surface area (Å²) in [6, 6.07) is 5.46. The van der Waals surface area contributed by atoms with Crippen LogP contribution in [-0.4, -0.2) is 18.8 Å². The van der Waals surface area contributed by atoms with Gasteiger partial charge in [0.25, 0.3) is 0 Å². The molecular formula is C15H25NO2. The summed E-state index contributed by atoms with van der Waals surface area (Å²) < 4.78 is 5.08. The third-order valence-electron chi connectivity index (χ3n) is 2.96. The standard InChI is InChI=1S/C15H25NO2/c1-12(2)6-4-5-9-16-11-13-7-8-14(17)15(10-13)18-3/h7-8,10,12,16-17H,4-6,9,11H2,1-3H3. The maximum Gasteiger partial charge on any atom is 0.160 e. The highest BCUT2D eigenvalue weighted by Gasteiger charge is 2.02. The van der Waals surface area contributed by atoms with E-state index >= 15 is 0 Å². The second-order valence-corrected chi connectivity index (χ2v) is 5.07. The molecule has 102 valence electrons. The van der Waals surface area contributed by atoms with Gasteiger partial charge in [0.05, 0.1) is 7.11 Å². The number of unbranched alkanes of at least 4 members (excludes halogenated alkanes) is 1. The first kappa shape index (κ1) is 14.8. The number of aromatic hydroxyl groups is 1. The van der Waals surface area contributed by atoms with Gasteiger partial charge in [0.15, 0.2) is 11.5 Å². The Hall–Kier alpha value is -1.22. The fourth-order valence-corrected chi connectivity index (χ4v) is 1.87. The van der Waals surface area contributed by atoms with Crippen molar-refractivity contribution in [1.82, 2.24) is 5.32 Å². The summed E-state index contributed by atoms with van der Waals surface area (Å²) in [7, 11) is 1.57. The first-order chi connectivity index (χ1) is 8.63. The van der Waals surface area contributed by atoms with Gasteiger partial charge in [-0.2, -0.15) is 0 Å². The summed E-state index contributed by atoms with van der Waals surface area (Å²) in [5.41, 5.74) is 1.13. The molecule has 2 N–H and O–H groups in total. The van der Waals surface area contributed by atoms with Crippen LogP contribution in [0.4, 0.5) is 0 Å². The normalized spacial score (nSPS) is 10.9. The highest BCUT2D eigenvalue weighted by molar-refractivity contribution is 5.41. The molecule has 0 aliphatic carbocycles. The average molecular weight is 251 g/mol. The third kappa shape index (κ3) is 5.41. The van der Waals surface area contributed by atoms with Crippen molar-refractivity contribution in [3.05, 3.63) is 23.8 Å². The van der Waals surface area contributed by atoms with Crippen LogP contribution in [0.3, 0.4) is 0 Å². The second-order valence-electron chi connectivity index (χ2n) is 5.07. The molecule has 0 radical (unpaired) electrons. The second kappa shape index (κ2) is 7.98. The van der Waals surface area contributed by atoms with Crippen molar-refractivity contribution >= 4 is 0 Å². The largest absolute Gasteiger partial charge is 0.504 e. The number of benzene rings is 1. The van der Waals surface area contributed by atoms with Crippen LogP contribution >= 0.6 is 0 Å². The summed E-state index contributed by atoms with van der Waals surface area (Å²) >= 11 is 0. The van der Waals surface area contributed by atoms with E-state index in [1.54, 1.807) is 13.2 Å². The molecule has 3 heteroatoms. The van der Waals surface area contributed by atoms with Crippen LogP contribution in [0.15, 0.2) is 18.2 Å². The van der Waals surface area contributed by atoms with Crippen LogP contribution in [-0.2, 0) is 6.54 Å². The van der Waals surface area contributed by atoms with Crippen molar-refractivity contribution in [1.29, 1.82) is 0 Å². The molecule has 0 saturated carbocycles. The van der Waals surface area contributed by atoms with Crippen molar-refractivity contribution in [2.75, 3.05) is 13.7 Å². The maximum absolute atomic E-state index is 9.48. The summed E-state index contributed by atoms with van der Waals surface area (Å²) in [5.74, 6) is 1.53. The molecule has 0 fully saturated rings. The van der Waals surface area contributed by atoms with E-state index in [-0.39, 0.29) is 5.75 Å². The molecule has 0 bridgehead atoms. The Balaban J connectivity index is 2.23. The zero-order valence-corrected chi connectivity index (χ0v) is 11.7. The molecule has 0 saturated heterocycles. The predicted octanol–water partition coefficient (Wildman–Crippen LogP) is 3.32. The average Bonchev–Trinajstić information content (AvgIpc) is 2.35. The Morgan fingerprint density at radius 2 is 2.06 bits per heavy atom. The van der Waals surface area contributed by atoms with Gasteiger partial charge < -0.3 is 15.2 Å². The van der Waals surface area contributed by atoms with Crippen LogP contribution in [0.5, 0.6) is 11.5 Å². The number of ether oxygens (including phenoxy) is 1. The van der Waals surface area contributed by atoms with Gasteiger partial charge in [-0.3, -0.25) is 0 Å². The number of nitrogens with one attached hydrogen (secondary N) is 1. The van der Waals surface area contributed by atoms with Gasteiger partial charge >= 0.3 is 0 Å². The predicted molar refractivity (Wildman–Crippen MR) is 75.1 cm³/mol. The summed E-state index contributed by atoms with van der Waals surface area (Å²) in [6.07, 6.45) is 3.80. The molecule has 3 nitrogen and oxygen atoms in total. The molecule has 0 amide bonds. The Morgan fingerprint density at radius 1 is 1.28 bits per heavy atom. The van der Waals surface area contributed by atoms with Gasteiger partial charge in [-0.1, -0.05) is 32.8 Å². The Kier molecular flexibility index (Phi) is 6.58. The monoisotopic (exact) mass is 251 g/mol. The third-order valence-corrected chi connectivity index (χ3v) is 2.96. The van der Waals surface area contributed by atoms with Crippen LogP contribution in [0.2, 0.25) is 0 Å². The fourth-order valence-electron chi connectivity index (χ4n) is 1.87. The zero-order chi connectivity index (χ0) is 13.4. The van der Waals surface area contributed by atoms with E-state index in [1.165, 1.54) is 19.3 Å². The fraction of sp³-hybridized carbons (Fsp3) is 0.600. The van der Waals surface area contributed by atoms with Gasteiger partial charge in [0.2, 0.25) is 0 Å². The molecule has 0 unspecified atom stereocenters. The quantitative estimate of drug-likeness (QED) is 0.696. The van der Waals surface area contributed by atoms with Crippen molar-refractivity contribution in [3.8, 4) is 11.5 Å². The number of hydrogen-bond acceptors (Lipinski definition) is 3. The summed E-state index contributed by atoms with van der Waals surface area (Å²) in [4.78, 5) is 0. The lowest BCUT2D eigenvalue weighted by molar-refractivity contribution is 0.372. The van der Waals surface area contributed by atoms with E-state index in [9.17, 15) is 5.11 Å². The minimum absolute atomic E-state index is 0.193. The van der Waals surface area contributed by atoms with Crippen LogP contribution in [0.25, 0.3) is 0 Å². The maximum atomic E-state index is 9.48. The van der Waals surface area contributed by atoms with Crippen LogP contribution in [0, 0.1) is 5.92 Å². The molecule has 1 rings (SSSR count). The molecule has 0 spiro atoms. The lowest BCUT2D eigenvalue weighted by Crippen LogP contribution is -2.14. The van der Waals surface area contributed by atoms with Crippen molar-refractivity contribution in [3.63, 3.8) is 0 Å². The van der Waals surface area contributed by atoms with Gasteiger partial charge in [0, 0.05) is 6.54 Å². The first-order valence-electron chi connectivity index (χ1n) is 6.70. The number of hydrogen-bond donors (Lipinski definition) is 2. The van der Waals surface area contributed by atoms with Crippen molar-refractivity contribution < 1.29 is 9.84 Å². The number of phenolic OH excluding ortho intramolecular Hbond substituents is 1. The molecule has 0 aromatic heterocycles. The van der Waals surface area contributed by atoms with E-state index in [0.717, 1.165) is 24.6 Å². The first-order valence-corrected chi connectivity index (χ1v) is 6.70. The SMILES string of the molecule is COc1cc(CNCCCCC(C)C)ccc1O. The van der Waals surface area contributed by atoms with Crippen molar-refractivity contribution in [2.24, 2.45) is 5.92 Å². The van der Waals surface area contributed by atoms with E-state index in [2.05, 4.69) is 19.2 Å². The lowest BCUT2D eigenvalue weighted by atomic mass is 10.1. The molecular weight excluding hydrogens is 226 g/mol. The lowest BCUT2D eigenvalue weighted by Gasteiger charge is -2.08. The minimum atomic E-state index is 0.193. The van der Waals surface area contributed by atoms with Gasteiger partial charge in [-0.25, -0.2) is 0 Å². The van der Waals surface area contributed by atoms with Crippen molar-refractivity contribution in [2.45, 2.75) is 39.7 Å². The van der Waals surface area contributed by atoms with E-state index in [4.69, 9.17) is 4.74 Å². The molecule has 1 aromatic rings. The Morgan fingerprint density at radius 3 is 2.72 bits per heavy atom. The number of phenols is 1. The minimum Gasteiger partial charge on any atom is -0.504 e. The van der Waals surface area contributed by atoms with E-state index in [0.29, 0.717) is 5.75 Å². The highest BCUT2D eigenvalue weighted by Crippen LogP contribution is 2.26. The summed E-state index contributed by atoms with van der Waals surface area (Å²) in [6.45, 7) is 6.38. The topological polar surface area (TPSA) is 41.5 Å². The zero-order valence-electron chi connectivity index (χ0n) is 11.7. The molecule has 18 heavy (non-hydrogen) atoms. The summed E-state index contributed by atoms with van der Waals surface area (Å²) in [5, 5.41) is 12.9.